The van der Waals surface area contributed by atoms with Crippen LogP contribution in [0.4, 0.5) is 5.69 Å². The van der Waals surface area contributed by atoms with Crippen molar-refractivity contribution in [3.05, 3.63) is 48.8 Å². The predicted molar refractivity (Wildman–Crippen MR) is 98.8 cm³/mol. The number of carbonyl (C=O) groups excluding carboxylic acids is 1. The van der Waals surface area contributed by atoms with Gasteiger partial charge < -0.3 is 14.3 Å². The summed E-state index contributed by atoms with van der Waals surface area (Å²) in [6, 6.07) is 13.5. The average Bonchev–Trinajstić information content (AvgIpc) is 3.23. The van der Waals surface area contributed by atoms with E-state index in [1.54, 1.807) is 6.33 Å². The van der Waals surface area contributed by atoms with Gasteiger partial charge in [0.1, 0.15) is 17.5 Å². The lowest BCUT2D eigenvalue weighted by atomic mass is 10.1. The molecule has 0 fully saturated rings. The molecule has 0 aliphatic carbocycles. The summed E-state index contributed by atoms with van der Waals surface area (Å²) in [6.45, 7) is 2.79. The minimum atomic E-state index is -0.0807. The van der Waals surface area contributed by atoms with Crippen LogP contribution in [-0.2, 0) is 11.3 Å². The SMILES string of the molecule is CCn1cnnc1SCC(=O)Nc1ccc2oc3ccccc3c2c1. The van der Waals surface area contributed by atoms with E-state index >= 15 is 0 Å². The second-order valence-electron chi connectivity index (χ2n) is 5.55. The molecule has 0 aliphatic heterocycles. The molecule has 4 aromatic rings. The van der Waals surface area contributed by atoms with Crippen LogP contribution in [0.25, 0.3) is 21.9 Å². The Kier molecular flexibility index (Phi) is 4.15. The summed E-state index contributed by atoms with van der Waals surface area (Å²) in [7, 11) is 0. The number of thioether (sulfide) groups is 1. The molecule has 0 radical (unpaired) electrons. The maximum atomic E-state index is 12.2. The largest absolute Gasteiger partial charge is 0.456 e. The van der Waals surface area contributed by atoms with Crippen molar-refractivity contribution >= 4 is 45.3 Å². The van der Waals surface area contributed by atoms with Crippen LogP contribution < -0.4 is 5.32 Å². The fourth-order valence-electron chi connectivity index (χ4n) is 2.70. The molecule has 0 unspecified atom stereocenters. The van der Waals surface area contributed by atoms with Crippen LogP contribution in [0.3, 0.4) is 0 Å². The number of rotatable bonds is 5. The summed E-state index contributed by atoms with van der Waals surface area (Å²) in [5.41, 5.74) is 2.40. The zero-order valence-electron chi connectivity index (χ0n) is 13.6. The van der Waals surface area contributed by atoms with Crippen molar-refractivity contribution in [3.63, 3.8) is 0 Å². The molecule has 0 atom stereocenters. The second kappa shape index (κ2) is 6.60. The predicted octanol–water partition coefficient (Wildman–Crippen LogP) is 3.93. The molecule has 0 saturated carbocycles. The quantitative estimate of drug-likeness (QED) is 0.551. The monoisotopic (exact) mass is 352 g/mol. The molecule has 0 bridgehead atoms. The molecule has 0 spiro atoms. The van der Waals surface area contributed by atoms with E-state index in [4.69, 9.17) is 4.42 Å². The standard InChI is InChI=1S/C18H16N4O2S/c1-2-22-11-19-21-18(22)25-10-17(23)20-12-7-8-16-14(9-12)13-5-3-4-6-15(13)24-16/h3-9,11H,2,10H2,1H3,(H,20,23). The molecule has 25 heavy (non-hydrogen) atoms. The fraction of sp³-hybridized carbons (Fsp3) is 0.167. The Morgan fingerprint density at radius 1 is 1.20 bits per heavy atom. The Labute approximate surface area is 148 Å². The molecule has 0 saturated heterocycles. The number of hydrogen-bond donors (Lipinski definition) is 1. The first-order valence-corrected chi connectivity index (χ1v) is 8.95. The van der Waals surface area contributed by atoms with E-state index in [1.807, 2.05) is 54.0 Å². The van der Waals surface area contributed by atoms with Crippen LogP contribution in [0.5, 0.6) is 0 Å². The van der Waals surface area contributed by atoms with Crippen LogP contribution >= 0.6 is 11.8 Å². The van der Waals surface area contributed by atoms with Crippen LogP contribution in [0.1, 0.15) is 6.92 Å². The maximum Gasteiger partial charge on any atom is 0.234 e. The Bertz CT molecular complexity index is 1050. The highest BCUT2D eigenvalue weighted by atomic mass is 32.2. The van der Waals surface area contributed by atoms with Crippen molar-refractivity contribution in [1.29, 1.82) is 0 Å². The molecule has 1 amide bonds. The van der Waals surface area contributed by atoms with Crippen molar-refractivity contribution in [2.45, 2.75) is 18.6 Å². The van der Waals surface area contributed by atoms with E-state index in [0.717, 1.165) is 39.3 Å². The van der Waals surface area contributed by atoms with Crippen LogP contribution in [0.15, 0.2) is 58.4 Å². The second-order valence-corrected chi connectivity index (χ2v) is 6.49. The minimum absolute atomic E-state index is 0.0807. The number of fused-ring (bicyclic) bond motifs is 3. The van der Waals surface area contributed by atoms with Gasteiger partial charge in [-0.1, -0.05) is 30.0 Å². The summed E-state index contributed by atoms with van der Waals surface area (Å²) in [5.74, 6) is 0.200. The van der Waals surface area contributed by atoms with Gasteiger partial charge in [0.15, 0.2) is 5.16 Å². The van der Waals surface area contributed by atoms with E-state index in [9.17, 15) is 4.79 Å². The number of aryl methyl sites for hydroxylation is 1. The van der Waals surface area contributed by atoms with Crippen molar-refractivity contribution in [2.24, 2.45) is 0 Å². The van der Waals surface area contributed by atoms with Crippen LogP contribution in [-0.4, -0.2) is 26.4 Å². The first-order chi connectivity index (χ1) is 12.2. The molecule has 2 aromatic heterocycles. The number of benzene rings is 2. The maximum absolute atomic E-state index is 12.2. The molecule has 4 rings (SSSR count). The summed E-state index contributed by atoms with van der Waals surface area (Å²) in [4.78, 5) is 12.2. The van der Waals surface area contributed by atoms with Gasteiger partial charge in [0.05, 0.1) is 5.75 Å². The van der Waals surface area contributed by atoms with Gasteiger partial charge in [0.25, 0.3) is 0 Å². The van der Waals surface area contributed by atoms with Crippen molar-refractivity contribution in [3.8, 4) is 0 Å². The smallest absolute Gasteiger partial charge is 0.234 e. The number of hydrogen-bond acceptors (Lipinski definition) is 5. The Hall–Kier alpha value is -2.80. The van der Waals surface area contributed by atoms with E-state index in [1.165, 1.54) is 11.8 Å². The van der Waals surface area contributed by atoms with Crippen LogP contribution in [0.2, 0.25) is 0 Å². The highest BCUT2D eigenvalue weighted by Gasteiger charge is 2.10. The number of amides is 1. The summed E-state index contributed by atoms with van der Waals surface area (Å²) >= 11 is 1.37. The zero-order chi connectivity index (χ0) is 17.2. The van der Waals surface area contributed by atoms with E-state index < -0.39 is 0 Å². The third-order valence-electron chi connectivity index (χ3n) is 3.91. The van der Waals surface area contributed by atoms with Gasteiger partial charge in [-0.3, -0.25) is 4.79 Å². The Morgan fingerprint density at radius 3 is 2.92 bits per heavy atom. The third kappa shape index (κ3) is 3.10. The van der Waals surface area contributed by atoms with Crippen LogP contribution in [0, 0.1) is 0 Å². The molecule has 2 aromatic carbocycles. The summed E-state index contributed by atoms with van der Waals surface area (Å²) < 4.78 is 7.70. The molecular weight excluding hydrogens is 336 g/mol. The number of furan rings is 1. The number of anilines is 1. The number of carbonyl (C=O) groups is 1. The highest BCUT2D eigenvalue weighted by molar-refractivity contribution is 7.99. The van der Waals surface area contributed by atoms with Gasteiger partial charge >= 0.3 is 0 Å². The first-order valence-electron chi connectivity index (χ1n) is 7.96. The van der Waals surface area contributed by atoms with Gasteiger partial charge in [-0.25, -0.2) is 0 Å². The third-order valence-corrected chi connectivity index (χ3v) is 4.89. The molecule has 1 N–H and O–H groups in total. The number of aromatic nitrogens is 3. The number of nitrogens with zero attached hydrogens (tertiary/aromatic N) is 3. The van der Waals surface area contributed by atoms with Crippen molar-refractivity contribution in [1.82, 2.24) is 14.8 Å². The van der Waals surface area contributed by atoms with Gasteiger partial charge in [-0.15, -0.1) is 10.2 Å². The van der Waals surface area contributed by atoms with E-state index in [0.29, 0.717) is 0 Å². The number of para-hydroxylation sites is 1. The topological polar surface area (TPSA) is 73.0 Å². The van der Waals surface area contributed by atoms with Gasteiger partial charge in [-0.05, 0) is 31.2 Å². The number of nitrogens with one attached hydrogen (secondary N) is 1. The molecule has 0 aliphatic rings. The van der Waals surface area contributed by atoms with E-state index in [-0.39, 0.29) is 11.7 Å². The van der Waals surface area contributed by atoms with Gasteiger partial charge in [-0.2, -0.15) is 0 Å². The van der Waals surface area contributed by atoms with Crippen molar-refractivity contribution < 1.29 is 9.21 Å². The van der Waals surface area contributed by atoms with Gasteiger partial charge in [0, 0.05) is 23.0 Å². The summed E-state index contributed by atoms with van der Waals surface area (Å²) in [6.07, 6.45) is 1.66. The van der Waals surface area contributed by atoms with E-state index in [2.05, 4.69) is 15.5 Å². The minimum Gasteiger partial charge on any atom is -0.456 e. The zero-order valence-corrected chi connectivity index (χ0v) is 14.4. The van der Waals surface area contributed by atoms with Gasteiger partial charge in [0.2, 0.25) is 5.91 Å². The molecule has 2 heterocycles. The Balaban J connectivity index is 1.50. The lowest BCUT2D eigenvalue weighted by molar-refractivity contribution is -0.113. The highest BCUT2D eigenvalue weighted by Crippen LogP contribution is 2.30. The molecule has 6 nitrogen and oxygen atoms in total. The van der Waals surface area contributed by atoms with Crippen molar-refractivity contribution in [2.75, 3.05) is 11.1 Å². The fourth-order valence-corrected chi connectivity index (χ4v) is 3.48. The molecule has 126 valence electrons. The lowest BCUT2D eigenvalue weighted by Crippen LogP contribution is -2.14. The Morgan fingerprint density at radius 2 is 2.04 bits per heavy atom. The summed E-state index contributed by atoms with van der Waals surface area (Å²) in [5, 5.41) is 13.6. The lowest BCUT2D eigenvalue weighted by Gasteiger charge is -2.05. The normalized spacial score (nSPS) is 11.2. The molecular formula is C18H16N4O2S. The molecule has 7 heteroatoms. The average molecular weight is 352 g/mol. The first kappa shape index (κ1) is 15.7.